The highest BCUT2D eigenvalue weighted by Gasteiger charge is 2.35. The fourth-order valence-electron chi connectivity index (χ4n) is 4.38. The van der Waals surface area contributed by atoms with Crippen LogP contribution in [0, 0.1) is 22.7 Å². The van der Waals surface area contributed by atoms with E-state index in [2.05, 4.69) is 46.3 Å². The van der Waals surface area contributed by atoms with E-state index in [-0.39, 0.29) is 47.4 Å². The summed E-state index contributed by atoms with van der Waals surface area (Å²) in [5, 5.41) is 32.4. The molecule has 1 aliphatic heterocycles. The Morgan fingerprint density at radius 2 is 2.05 bits per heavy atom. The van der Waals surface area contributed by atoms with Crippen LogP contribution < -0.4 is 20.9 Å². The average molecular weight is 649 g/mol. The normalized spacial score (nSPS) is 16.5. The Kier molecular flexibility index (Phi) is 10.0. The molecule has 20 heteroatoms. The molecule has 44 heavy (non-hydrogen) atoms. The van der Waals surface area contributed by atoms with Crippen molar-refractivity contribution in [2.75, 3.05) is 48.9 Å². The molecule has 1 aromatic carbocycles. The first-order valence-corrected chi connectivity index (χ1v) is 14.8. The van der Waals surface area contributed by atoms with E-state index < -0.39 is 38.6 Å². The first kappa shape index (κ1) is 32.2. The Bertz CT molecular complexity index is 1700. The minimum Gasteiger partial charge on any atom is -0.457 e. The van der Waals surface area contributed by atoms with Crippen molar-refractivity contribution >= 4 is 60.3 Å². The molecule has 0 aliphatic carbocycles. The van der Waals surface area contributed by atoms with Gasteiger partial charge in [-0.2, -0.15) is 20.0 Å². The number of alkyl carbamates (subject to hydrolysis) is 1. The van der Waals surface area contributed by atoms with E-state index in [1.54, 1.807) is 4.90 Å². The van der Waals surface area contributed by atoms with E-state index in [0.29, 0.717) is 23.7 Å². The van der Waals surface area contributed by atoms with Gasteiger partial charge in [0.05, 0.1) is 53.9 Å². The molecule has 2 atom stereocenters. The zero-order valence-electron chi connectivity index (χ0n) is 23.2. The van der Waals surface area contributed by atoms with Gasteiger partial charge in [0, 0.05) is 13.1 Å². The molecule has 0 spiro atoms. The maximum absolute atomic E-state index is 12.3. The Labute approximate surface area is 254 Å². The van der Waals surface area contributed by atoms with Gasteiger partial charge < -0.3 is 40.1 Å². The number of fused-ring (bicyclic) bond motifs is 1. The molecule has 0 saturated carbocycles. The van der Waals surface area contributed by atoms with Gasteiger partial charge in [0.15, 0.2) is 23.8 Å². The van der Waals surface area contributed by atoms with Gasteiger partial charge in [0.2, 0.25) is 5.95 Å². The number of ether oxygens (including phenoxy) is 2. The molecule has 18 nitrogen and oxygen atoms in total. The third-order valence-corrected chi connectivity index (χ3v) is 7.13. The van der Waals surface area contributed by atoms with Crippen LogP contribution in [0.4, 0.5) is 27.9 Å². The van der Waals surface area contributed by atoms with Gasteiger partial charge in [0.1, 0.15) is 12.2 Å². The summed E-state index contributed by atoms with van der Waals surface area (Å²) in [7, 11) is -3.77. The van der Waals surface area contributed by atoms with E-state index in [1.807, 2.05) is 13.0 Å². The quantitative estimate of drug-likeness (QED) is 0.155. The highest BCUT2D eigenvalue weighted by Crippen LogP contribution is 2.38. The monoisotopic (exact) mass is 648 g/mol. The maximum atomic E-state index is 12.3. The number of rotatable bonds is 10. The van der Waals surface area contributed by atoms with Crippen LogP contribution in [0.1, 0.15) is 24.6 Å². The number of carbonyl (C=O) groups is 2. The lowest BCUT2D eigenvalue weighted by molar-refractivity contribution is -0.153. The number of amides is 1. The van der Waals surface area contributed by atoms with E-state index in [0.717, 1.165) is 7.11 Å². The summed E-state index contributed by atoms with van der Waals surface area (Å²) >= 11 is 6.81. The number of hydrogen-bond donors (Lipinski definition) is 5. The molecule has 1 aliphatic rings. The second-order valence-electron chi connectivity index (χ2n) is 9.17. The van der Waals surface area contributed by atoms with Crippen molar-refractivity contribution in [1.29, 1.82) is 10.5 Å². The Hall–Kier alpha value is -4.71. The third kappa shape index (κ3) is 7.62. The second-order valence-corrected chi connectivity index (χ2v) is 10.8. The Balaban J connectivity index is 1.65. The molecular formula is C24H26ClN10O8P. The standard InChI is InChI=1S/C24H26ClN10O8P/c1-3-28-21-22-29-10-14(9-27)35(22)33-23(32-21)30-16-6-13(8-26)7-17(20(16)25)34-5-4-15(31-24(37)41-2)18(11-34)43-19(36)12-42-44(38,39)40/h6-7,10,15,18H,3-5,11-12H2,1-2H3,(H,31,37)(H2,38,39,40)(H2,28,30,32,33)/t15-,18-/m1/s1. The number of phosphoric ester groups is 1. The number of nitrogens with zero attached hydrogens (tertiary/aromatic N) is 7. The summed E-state index contributed by atoms with van der Waals surface area (Å²) in [6.45, 7) is 1.57. The third-order valence-electron chi connectivity index (χ3n) is 6.27. The molecule has 0 radical (unpaired) electrons. The molecule has 3 aromatic rings. The number of aromatic nitrogens is 4. The molecular weight excluding hydrogens is 623 g/mol. The first-order chi connectivity index (χ1) is 21.0. The van der Waals surface area contributed by atoms with Crippen molar-refractivity contribution in [3.63, 3.8) is 0 Å². The molecule has 1 saturated heterocycles. The number of carbonyl (C=O) groups excluding carboxylic acids is 2. The molecule has 0 bridgehead atoms. The maximum Gasteiger partial charge on any atom is 0.470 e. The highest BCUT2D eigenvalue weighted by molar-refractivity contribution is 7.46. The van der Waals surface area contributed by atoms with Crippen LogP contribution in [0.25, 0.3) is 5.65 Å². The van der Waals surface area contributed by atoms with Crippen molar-refractivity contribution in [2.45, 2.75) is 25.5 Å². The fraction of sp³-hybridized carbons (Fsp3) is 0.375. The number of phosphoric acid groups is 1. The number of nitriles is 2. The number of anilines is 4. The number of esters is 1. The average Bonchev–Trinajstić information content (AvgIpc) is 3.41. The van der Waals surface area contributed by atoms with Crippen LogP contribution in [0.15, 0.2) is 18.3 Å². The SMILES string of the molecule is CCNc1nc(Nc2cc(C#N)cc(N3CC[C@@H](NC(=O)OC)[C@H](OC(=O)COP(=O)(O)O)C3)c2Cl)nn2c(C#N)cnc12. The first-order valence-electron chi connectivity index (χ1n) is 12.9. The molecule has 5 N–H and O–H groups in total. The summed E-state index contributed by atoms with van der Waals surface area (Å²) in [5.74, 6) is -0.688. The van der Waals surface area contributed by atoms with Crippen LogP contribution in [-0.2, 0) is 23.4 Å². The number of imidazole rings is 1. The predicted molar refractivity (Wildman–Crippen MR) is 153 cm³/mol. The van der Waals surface area contributed by atoms with Gasteiger partial charge in [-0.25, -0.2) is 19.1 Å². The Morgan fingerprint density at radius 1 is 1.27 bits per heavy atom. The summed E-state index contributed by atoms with van der Waals surface area (Å²) in [4.78, 5) is 52.4. The van der Waals surface area contributed by atoms with Gasteiger partial charge in [0.25, 0.3) is 0 Å². The lowest BCUT2D eigenvalue weighted by atomic mass is 10.0. The summed E-state index contributed by atoms with van der Waals surface area (Å²) in [5.41, 5.74) is 1.32. The highest BCUT2D eigenvalue weighted by atomic mass is 35.5. The Morgan fingerprint density at radius 3 is 2.70 bits per heavy atom. The molecule has 232 valence electrons. The molecule has 4 rings (SSSR count). The van der Waals surface area contributed by atoms with Crippen molar-refractivity contribution in [2.24, 2.45) is 0 Å². The lowest BCUT2D eigenvalue weighted by Crippen LogP contribution is -2.56. The largest absolute Gasteiger partial charge is 0.470 e. The van der Waals surface area contributed by atoms with E-state index in [4.69, 9.17) is 26.1 Å². The van der Waals surface area contributed by atoms with Crippen molar-refractivity contribution in [1.82, 2.24) is 24.9 Å². The number of hydrogen-bond acceptors (Lipinski definition) is 14. The summed E-state index contributed by atoms with van der Waals surface area (Å²) < 4.78 is 26.6. The molecule has 2 aromatic heterocycles. The fourth-order valence-corrected chi connectivity index (χ4v) is 4.93. The van der Waals surface area contributed by atoms with Gasteiger partial charge >= 0.3 is 19.9 Å². The van der Waals surface area contributed by atoms with Crippen LogP contribution in [0.5, 0.6) is 0 Å². The van der Waals surface area contributed by atoms with Crippen molar-refractivity contribution in [3.8, 4) is 12.1 Å². The van der Waals surface area contributed by atoms with Gasteiger partial charge in [-0.05, 0) is 25.5 Å². The van der Waals surface area contributed by atoms with Gasteiger partial charge in [-0.1, -0.05) is 11.6 Å². The molecule has 1 fully saturated rings. The van der Waals surface area contributed by atoms with Gasteiger partial charge in [-0.3, -0.25) is 4.52 Å². The minimum atomic E-state index is -4.94. The molecule has 1 amide bonds. The van der Waals surface area contributed by atoms with Crippen LogP contribution in [0.2, 0.25) is 5.02 Å². The topological polar surface area (TPSA) is 249 Å². The molecule has 0 unspecified atom stereocenters. The zero-order valence-corrected chi connectivity index (χ0v) is 24.9. The number of methoxy groups -OCH3 is 1. The molecule has 3 heterocycles. The number of benzene rings is 1. The van der Waals surface area contributed by atoms with Crippen molar-refractivity contribution in [3.05, 3.63) is 34.6 Å². The van der Waals surface area contributed by atoms with E-state index >= 15 is 0 Å². The zero-order chi connectivity index (χ0) is 32.0. The predicted octanol–water partition coefficient (Wildman–Crippen LogP) is 1.65. The van der Waals surface area contributed by atoms with Gasteiger partial charge in [-0.15, -0.1) is 5.10 Å². The second kappa shape index (κ2) is 13.7. The van der Waals surface area contributed by atoms with E-state index in [9.17, 15) is 24.7 Å². The van der Waals surface area contributed by atoms with E-state index in [1.165, 1.54) is 22.8 Å². The van der Waals surface area contributed by atoms with Crippen LogP contribution in [-0.4, -0.2) is 86.9 Å². The number of piperidine rings is 1. The summed E-state index contributed by atoms with van der Waals surface area (Å²) in [6, 6.07) is 6.34. The number of halogens is 1. The minimum absolute atomic E-state index is 0.0437. The smallest absolute Gasteiger partial charge is 0.457 e. The lowest BCUT2D eigenvalue weighted by Gasteiger charge is -2.39. The van der Waals surface area contributed by atoms with Crippen LogP contribution >= 0.6 is 19.4 Å². The van der Waals surface area contributed by atoms with Crippen LogP contribution in [0.3, 0.4) is 0 Å². The number of nitrogens with one attached hydrogen (secondary N) is 3. The summed E-state index contributed by atoms with van der Waals surface area (Å²) in [6.07, 6.45) is -0.228. The van der Waals surface area contributed by atoms with Crippen molar-refractivity contribution < 1.29 is 37.9 Å².